The Bertz CT molecular complexity index is 781. The topological polar surface area (TPSA) is 108 Å². The Balaban J connectivity index is 3.13. The van der Waals surface area contributed by atoms with E-state index in [1.807, 2.05) is 26.0 Å². The van der Waals surface area contributed by atoms with E-state index in [9.17, 15) is 14.7 Å². The molecule has 0 unspecified atom stereocenters. The Labute approximate surface area is 190 Å². The number of aliphatic hydroxyl groups is 1. The zero-order valence-electron chi connectivity index (χ0n) is 19.9. The molecule has 1 rings (SSSR count). The summed E-state index contributed by atoms with van der Waals surface area (Å²) in [6, 6.07) is 5.66. The lowest BCUT2D eigenvalue weighted by Gasteiger charge is -2.22. The summed E-state index contributed by atoms with van der Waals surface area (Å²) in [6.07, 6.45) is 1.68. The van der Waals surface area contributed by atoms with Gasteiger partial charge < -0.3 is 24.6 Å². The number of ether oxygens (including phenoxy) is 3. The molecule has 1 amide bonds. The van der Waals surface area contributed by atoms with Gasteiger partial charge in [-0.15, -0.1) is 0 Å². The van der Waals surface area contributed by atoms with Crippen molar-refractivity contribution in [2.45, 2.75) is 65.1 Å². The second kappa shape index (κ2) is 12.7. The Hall–Kier alpha value is -3.03. The molecule has 3 N–H and O–H groups in total. The minimum Gasteiger partial charge on any atom is -0.490 e. The molecule has 0 spiro atoms. The first-order valence-corrected chi connectivity index (χ1v) is 10.7. The van der Waals surface area contributed by atoms with Gasteiger partial charge in [-0.25, -0.2) is 9.59 Å². The number of amides is 1. The average molecular weight is 450 g/mol. The van der Waals surface area contributed by atoms with Crippen LogP contribution in [0.15, 0.2) is 36.9 Å². The molecule has 1 aromatic rings. The van der Waals surface area contributed by atoms with Gasteiger partial charge in [0.25, 0.3) is 6.04 Å². The van der Waals surface area contributed by atoms with Crippen molar-refractivity contribution in [3.63, 3.8) is 0 Å². The van der Waals surface area contributed by atoms with Crippen LogP contribution < -0.4 is 15.0 Å². The number of carbonyl (C=O) groups excluding carboxylic acids is 2. The number of nitrogens with one attached hydrogen (secondary N) is 2. The molecule has 0 aliphatic heterocycles. The van der Waals surface area contributed by atoms with Crippen molar-refractivity contribution in [1.29, 1.82) is 0 Å². The fraction of sp³-hybridized carbons (Fsp3) is 0.542. The van der Waals surface area contributed by atoms with Gasteiger partial charge in [0.1, 0.15) is 18.0 Å². The van der Waals surface area contributed by atoms with Gasteiger partial charge in [0, 0.05) is 12.8 Å². The van der Waals surface area contributed by atoms with Gasteiger partial charge in [-0.05, 0) is 44.4 Å². The molecule has 8 heteroatoms. The fourth-order valence-electron chi connectivity index (χ4n) is 2.89. The fourth-order valence-corrected chi connectivity index (χ4v) is 2.89. The number of hydrogen-bond acceptors (Lipinski definition) is 5. The van der Waals surface area contributed by atoms with Crippen molar-refractivity contribution in [1.82, 2.24) is 5.32 Å². The average Bonchev–Trinajstić information content (AvgIpc) is 2.69. The highest BCUT2D eigenvalue weighted by Crippen LogP contribution is 2.14. The van der Waals surface area contributed by atoms with Gasteiger partial charge in [0.05, 0.1) is 7.11 Å². The summed E-state index contributed by atoms with van der Waals surface area (Å²) in [7, 11) is 1.29. The standard InChI is InChI=1S/C24H36N2O6/c1-8-13-31-18-11-9-17(10-12-18)15-19(26-23(29)32-24(4,5)6)21(27)25-20(14-16(2)3)22(28)30-7/h8-12,16,19-20H,1,13-15H2,2-7H3,(H,25,27)(H,26,29)/p+1/t19-,20-/m0/s1. The molecule has 0 heterocycles. The SMILES string of the molecule is C=CCOc1ccc(C[C@H](NC(=O)OC(C)(C)C)C(O)=[NH+][C@@H](CC(C)C)C(=O)OC)cc1. The van der Waals surface area contributed by atoms with Crippen molar-refractivity contribution in [2.75, 3.05) is 13.7 Å². The first-order valence-electron chi connectivity index (χ1n) is 10.7. The van der Waals surface area contributed by atoms with E-state index >= 15 is 0 Å². The van der Waals surface area contributed by atoms with E-state index in [0.717, 1.165) is 5.56 Å². The number of rotatable bonds is 11. The van der Waals surface area contributed by atoms with Crippen LogP contribution in [-0.4, -0.2) is 54.5 Å². The summed E-state index contributed by atoms with van der Waals surface area (Å²) in [6.45, 7) is 13.2. The maximum absolute atomic E-state index is 12.4. The molecule has 0 saturated heterocycles. The van der Waals surface area contributed by atoms with Crippen LogP contribution in [0.3, 0.4) is 0 Å². The monoisotopic (exact) mass is 449 g/mol. The van der Waals surface area contributed by atoms with E-state index in [-0.39, 0.29) is 18.2 Å². The smallest absolute Gasteiger partial charge is 0.408 e. The van der Waals surface area contributed by atoms with E-state index in [4.69, 9.17) is 14.2 Å². The number of esters is 1. The molecule has 178 valence electrons. The minimum atomic E-state index is -0.843. The highest BCUT2D eigenvalue weighted by atomic mass is 16.6. The lowest BCUT2D eigenvalue weighted by Crippen LogP contribution is -2.85. The Morgan fingerprint density at radius 1 is 1.22 bits per heavy atom. The number of carbonyl (C=O) groups is 2. The van der Waals surface area contributed by atoms with Gasteiger partial charge in [-0.2, -0.15) is 4.99 Å². The van der Waals surface area contributed by atoms with Gasteiger partial charge in [0.2, 0.25) is 0 Å². The van der Waals surface area contributed by atoms with Crippen molar-refractivity contribution in [3.8, 4) is 5.75 Å². The van der Waals surface area contributed by atoms with Crippen LogP contribution in [0.25, 0.3) is 0 Å². The molecule has 32 heavy (non-hydrogen) atoms. The highest BCUT2D eigenvalue weighted by Gasteiger charge is 2.31. The van der Waals surface area contributed by atoms with Crippen molar-refractivity contribution < 1.29 is 33.9 Å². The van der Waals surface area contributed by atoms with Crippen molar-refractivity contribution >= 4 is 18.0 Å². The Morgan fingerprint density at radius 2 is 1.84 bits per heavy atom. The maximum atomic E-state index is 12.4. The molecule has 0 aliphatic carbocycles. The predicted octanol–water partition coefficient (Wildman–Crippen LogP) is 2.31. The summed E-state index contributed by atoms with van der Waals surface area (Å²) in [5, 5.41) is 13.5. The van der Waals surface area contributed by atoms with Crippen molar-refractivity contribution in [2.24, 2.45) is 5.92 Å². The van der Waals surface area contributed by atoms with Gasteiger partial charge >= 0.3 is 18.0 Å². The van der Waals surface area contributed by atoms with E-state index in [1.165, 1.54) is 7.11 Å². The summed E-state index contributed by atoms with van der Waals surface area (Å²) < 4.78 is 15.7. The van der Waals surface area contributed by atoms with E-state index in [0.29, 0.717) is 18.8 Å². The normalized spacial score (nSPS) is 13.8. The molecule has 0 saturated carbocycles. The third-order valence-electron chi connectivity index (χ3n) is 4.27. The summed E-state index contributed by atoms with van der Waals surface area (Å²) in [4.78, 5) is 27.4. The number of benzene rings is 1. The van der Waals surface area contributed by atoms with Gasteiger partial charge in [-0.1, -0.05) is 38.6 Å². The largest absolute Gasteiger partial charge is 0.490 e. The molecule has 8 nitrogen and oxygen atoms in total. The van der Waals surface area contributed by atoms with E-state index in [2.05, 4.69) is 16.9 Å². The zero-order chi connectivity index (χ0) is 24.3. The van der Waals surface area contributed by atoms with Crippen LogP contribution in [0.4, 0.5) is 4.79 Å². The summed E-state index contributed by atoms with van der Waals surface area (Å²) in [5.74, 6) is 0.114. The first-order chi connectivity index (χ1) is 14.9. The summed E-state index contributed by atoms with van der Waals surface area (Å²) in [5.41, 5.74) is 0.137. The lowest BCUT2D eigenvalue weighted by molar-refractivity contribution is -0.503. The van der Waals surface area contributed by atoms with E-state index in [1.54, 1.807) is 39.0 Å². The number of alkyl carbamates (subject to hydrolysis) is 1. The number of aliphatic hydroxyl groups excluding tert-OH is 1. The second-order valence-corrected chi connectivity index (χ2v) is 8.88. The van der Waals surface area contributed by atoms with Crippen molar-refractivity contribution in [3.05, 3.63) is 42.5 Å². The Kier molecular flexibility index (Phi) is 10.7. The van der Waals surface area contributed by atoms with Crippen LogP contribution in [0.5, 0.6) is 5.75 Å². The maximum Gasteiger partial charge on any atom is 0.408 e. The number of hydrogen-bond donors (Lipinski definition) is 3. The van der Waals surface area contributed by atoms with Crippen LogP contribution in [-0.2, 0) is 20.7 Å². The molecule has 0 aliphatic rings. The van der Waals surface area contributed by atoms with Crippen LogP contribution in [0, 0.1) is 5.92 Å². The quantitative estimate of drug-likeness (QED) is 0.207. The van der Waals surface area contributed by atoms with Crippen LogP contribution in [0.1, 0.15) is 46.6 Å². The van der Waals surface area contributed by atoms with Crippen LogP contribution >= 0.6 is 0 Å². The predicted molar refractivity (Wildman–Crippen MR) is 123 cm³/mol. The van der Waals surface area contributed by atoms with E-state index < -0.39 is 29.7 Å². The molecule has 0 aromatic heterocycles. The molecule has 0 bridgehead atoms. The summed E-state index contributed by atoms with van der Waals surface area (Å²) >= 11 is 0. The van der Waals surface area contributed by atoms with Gasteiger partial charge in [0.15, 0.2) is 6.04 Å². The second-order valence-electron chi connectivity index (χ2n) is 8.88. The molecule has 0 radical (unpaired) electrons. The third kappa shape index (κ3) is 10.3. The first kappa shape index (κ1) is 27.0. The molecule has 1 aromatic carbocycles. The molecular weight excluding hydrogens is 412 g/mol. The van der Waals surface area contributed by atoms with Gasteiger partial charge in [-0.3, -0.25) is 0 Å². The minimum absolute atomic E-state index is 0.180. The Morgan fingerprint density at radius 3 is 2.34 bits per heavy atom. The van der Waals surface area contributed by atoms with Crippen LogP contribution in [0.2, 0.25) is 0 Å². The zero-order valence-corrected chi connectivity index (χ0v) is 19.9. The molecular formula is C24H37N2O6+. The lowest BCUT2D eigenvalue weighted by atomic mass is 10.0. The highest BCUT2D eigenvalue weighted by molar-refractivity contribution is 5.82. The molecule has 0 fully saturated rings. The molecule has 2 atom stereocenters. The number of methoxy groups -OCH3 is 1. The third-order valence-corrected chi connectivity index (χ3v) is 4.27.